The molecule has 0 saturated carbocycles. The van der Waals surface area contributed by atoms with Gasteiger partial charge in [-0.1, -0.05) is 18.1 Å². The van der Waals surface area contributed by atoms with Crippen LogP contribution in [0.5, 0.6) is 23.0 Å². The number of hydrogen-bond donors (Lipinski definition) is 1. The number of carbonyl (C=O) groups excluding carboxylic acids is 1. The molecule has 0 aliphatic carbocycles. The van der Waals surface area contributed by atoms with Crippen LogP contribution in [0.3, 0.4) is 0 Å². The van der Waals surface area contributed by atoms with Crippen molar-refractivity contribution in [1.29, 1.82) is 5.41 Å². The van der Waals surface area contributed by atoms with Gasteiger partial charge in [0.1, 0.15) is 5.84 Å². The van der Waals surface area contributed by atoms with Gasteiger partial charge in [-0.2, -0.15) is 0 Å². The highest BCUT2D eigenvalue weighted by Crippen LogP contribution is 2.39. The number of benzene rings is 2. The van der Waals surface area contributed by atoms with Crippen molar-refractivity contribution in [2.24, 2.45) is 9.98 Å². The predicted octanol–water partition coefficient (Wildman–Crippen LogP) is 6.82. The number of rotatable bonds is 12. The zero-order valence-electron chi connectivity index (χ0n) is 26.2. The average molecular weight is 600 g/mol. The van der Waals surface area contributed by atoms with E-state index in [0.717, 1.165) is 37.7 Å². The van der Waals surface area contributed by atoms with Crippen LogP contribution in [0.4, 0.5) is 11.4 Å². The summed E-state index contributed by atoms with van der Waals surface area (Å²) in [5, 5.41) is 8.76. The number of allylic oxidation sites excluding steroid dienone is 1. The van der Waals surface area contributed by atoms with Crippen molar-refractivity contribution in [3.8, 4) is 23.0 Å². The lowest BCUT2D eigenvalue weighted by atomic mass is 10.1. The summed E-state index contributed by atoms with van der Waals surface area (Å²) in [4.78, 5) is 26.0. The Bertz CT molecular complexity index is 1540. The second-order valence-corrected chi connectivity index (χ2v) is 11.2. The molecule has 3 aliphatic heterocycles. The van der Waals surface area contributed by atoms with Gasteiger partial charge in [-0.05, 0) is 58.1 Å². The highest BCUT2D eigenvalue weighted by Gasteiger charge is 2.32. The van der Waals surface area contributed by atoms with Crippen LogP contribution >= 0.6 is 0 Å². The first-order valence-electron chi connectivity index (χ1n) is 15.1. The first-order valence-corrected chi connectivity index (χ1v) is 15.1. The Morgan fingerprint density at radius 2 is 1.59 bits per heavy atom. The van der Waals surface area contributed by atoms with Crippen molar-refractivity contribution >= 4 is 35.5 Å². The number of nitrogens with zero attached hydrogens (tertiary/aromatic N) is 4. The topological polar surface area (TPSA) is 109 Å². The number of unbranched alkanes of at least 4 members (excludes halogenated alkanes) is 2. The summed E-state index contributed by atoms with van der Waals surface area (Å²) in [6.07, 6.45) is 11.8. The van der Waals surface area contributed by atoms with Crippen LogP contribution in [0, 0.1) is 5.41 Å². The van der Waals surface area contributed by atoms with Crippen LogP contribution in [0.25, 0.3) is 0 Å². The fraction of sp³-hybridized carbons (Fsp3) is 0.412. The third-order valence-corrected chi connectivity index (χ3v) is 7.95. The largest absolute Gasteiger partial charge is 0.493 e. The molecule has 2 aromatic carbocycles. The molecule has 3 aliphatic rings. The van der Waals surface area contributed by atoms with E-state index in [1.807, 2.05) is 48.8 Å². The van der Waals surface area contributed by atoms with Gasteiger partial charge < -0.3 is 28.7 Å². The van der Waals surface area contributed by atoms with E-state index in [1.165, 1.54) is 5.57 Å². The molecule has 1 N–H and O–H groups in total. The second kappa shape index (κ2) is 13.8. The zero-order chi connectivity index (χ0) is 31.2. The number of carbonyl (C=O) groups is 1. The predicted molar refractivity (Wildman–Crippen MR) is 173 cm³/mol. The number of nitrogens with one attached hydrogen (secondary N) is 1. The first kappa shape index (κ1) is 30.8. The summed E-state index contributed by atoms with van der Waals surface area (Å²) in [6, 6.07) is 7.14. The number of hydrogen-bond acceptors (Lipinski definition) is 8. The third kappa shape index (κ3) is 6.64. The molecule has 0 radical (unpaired) electrons. The molecule has 1 atom stereocenters. The van der Waals surface area contributed by atoms with Gasteiger partial charge in [0, 0.05) is 42.5 Å². The summed E-state index contributed by atoms with van der Waals surface area (Å²) in [5.41, 5.74) is 4.85. The highest BCUT2D eigenvalue weighted by molar-refractivity contribution is 6.05. The van der Waals surface area contributed by atoms with E-state index in [2.05, 4.69) is 23.8 Å². The van der Waals surface area contributed by atoms with E-state index < -0.39 is 0 Å². The fourth-order valence-electron chi connectivity index (χ4n) is 5.36. The average Bonchev–Trinajstić information content (AvgIpc) is 3.28. The first-order chi connectivity index (χ1) is 21.3. The molecule has 2 aromatic rings. The summed E-state index contributed by atoms with van der Waals surface area (Å²) >= 11 is 0. The molecule has 232 valence electrons. The fourth-order valence-corrected chi connectivity index (χ4v) is 5.36. The Morgan fingerprint density at radius 3 is 2.23 bits per heavy atom. The van der Waals surface area contributed by atoms with E-state index in [0.29, 0.717) is 71.1 Å². The minimum Gasteiger partial charge on any atom is -0.493 e. The van der Waals surface area contributed by atoms with Gasteiger partial charge in [0.2, 0.25) is 0 Å². The number of amides is 1. The van der Waals surface area contributed by atoms with E-state index in [4.69, 9.17) is 24.4 Å². The van der Waals surface area contributed by atoms with Gasteiger partial charge in [-0.3, -0.25) is 20.2 Å². The van der Waals surface area contributed by atoms with E-state index in [-0.39, 0.29) is 11.9 Å². The third-order valence-electron chi connectivity index (χ3n) is 7.95. The standard InChI is InChI=1S/C34H41N5O5/c1-6-22(2)20-38-11-10-36-27-17-31(29(41-4)15-25(27)33(38)35)43-12-8-7-9-13-44-32-18-28-26(16-30(32)42-5)34(40)39-21-23(3)14-24(39)19-37-28/h10,15-21,24,35H,6-9,11-14H2,1-5H3. The Hall–Kier alpha value is -4.60. The van der Waals surface area contributed by atoms with Crippen LogP contribution in [0.2, 0.25) is 0 Å². The van der Waals surface area contributed by atoms with Crippen molar-refractivity contribution in [3.05, 3.63) is 58.9 Å². The van der Waals surface area contributed by atoms with Crippen LogP contribution in [0.15, 0.2) is 57.8 Å². The molecule has 1 amide bonds. The molecule has 0 bridgehead atoms. The molecule has 0 fully saturated rings. The van der Waals surface area contributed by atoms with Gasteiger partial charge in [0.05, 0.1) is 57.0 Å². The summed E-state index contributed by atoms with van der Waals surface area (Å²) in [6.45, 7) is 7.71. The molecule has 5 rings (SSSR count). The van der Waals surface area contributed by atoms with E-state index >= 15 is 0 Å². The Morgan fingerprint density at radius 1 is 0.955 bits per heavy atom. The molecular weight excluding hydrogens is 558 g/mol. The molecule has 10 heteroatoms. The molecule has 1 unspecified atom stereocenters. The number of amidine groups is 1. The number of aliphatic imine (C=N–C) groups is 2. The minimum atomic E-state index is -0.0819. The zero-order valence-corrected chi connectivity index (χ0v) is 26.2. The molecule has 3 heterocycles. The van der Waals surface area contributed by atoms with Crippen molar-refractivity contribution < 1.29 is 23.7 Å². The Balaban J connectivity index is 1.14. The lowest BCUT2D eigenvalue weighted by Crippen LogP contribution is -2.32. The van der Waals surface area contributed by atoms with Gasteiger partial charge in [0.15, 0.2) is 23.0 Å². The van der Waals surface area contributed by atoms with Crippen LogP contribution in [0.1, 0.15) is 68.8 Å². The molecule has 0 saturated heterocycles. The van der Waals surface area contributed by atoms with E-state index in [9.17, 15) is 4.79 Å². The van der Waals surface area contributed by atoms with Crippen LogP contribution in [-0.2, 0) is 0 Å². The maximum atomic E-state index is 13.2. The van der Waals surface area contributed by atoms with Gasteiger partial charge in [-0.15, -0.1) is 0 Å². The van der Waals surface area contributed by atoms with Crippen LogP contribution < -0.4 is 18.9 Å². The number of fused-ring (bicyclic) bond motifs is 3. The van der Waals surface area contributed by atoms with Gasteiger partial charge >= 0.3 is 0 Å². The minimum absolute atomic E-state index is 0.0536. The molecular formula is C34H41N5O5. The number of methoxy groups -OCH3 is 2. The summed E-state index contributed by atoms with van der Waals surface area (Å²) in [5.74, 6) is 2.57. The quantitative estimate of drug-likeness (QED) is 0.268. The van der Waals surface area contributed by atoms with Crippen molar-refractivity contribution in [1.82, 2.24) is 9.80 Å². The van der Waals surface area contributed by atoms with Gasteiger partial charge in [0.25, 0.3) is 5.91 Å². The number of ether oxygens (including phenoxy) is 4. The Labute approximate surface area is 259 Å². The van der Waals surface area contributed by atoms with Crippen molar-refractivity contribution in [2.45, 2.75) is 58.9 Å². The van der Waals surface area contributed by atoms with Crippen molar-refractivity contribution in [3.63, 3.8) is 0 Å². The summed E-state index contributed by atoms with van der Waals surface area (Å²) in [7, 11) is 3.18. The Kier molecular flexibility index (Phi) is 9.67. The molecule has 10 nitrogen and oxygen atoms in total. The molecule has 0 aromatic heterocycles. The monoisotopic (exact) mass is 599 g/mol. The summed E-state index contributed by atoms with van der Waals surface area (Å²) < 4.78 is 23.3. The lowest BCUT2D eigenvalue weighted by molar-refractivity contribution is 0.0817. The van der Waals surface area contributed by atoms with Crippen molar-refractivity contribution in [2.75, 3.05) is 34.0 Å². The maximum absolute atomic E-state index is 13.2. The maximum Gasteiger partial charge on any atom is 0.260 e. The normalized spacial score (nSPS) is 17.4. The second-order valence-electron chi connectivity index (χ2n) is 11.2. The smallest absolute Gasteiger partial charge is 0.260 e. The van der Waals surface area contributed by atoms with Crippen LogP contribution in [-0.4, -0.2) is 74.0 Å². The molecule has 0 spiro atoms. The van der Waals surface area contributed by atoms with Gasteiger partial charge in [-0.25, -0.2) is 0 Å². The molecule has 44 heavy (non-hydrogen) atoms. The highest BCUT2D eigenvalue weighted by atomic mass is 16.5. The lowest BCUT2D eigenvalue weighted by Gasteiger charge is -2.20. The SMILES string of the molecule is CCC(C)=CN1CC=Nc2cc(OCCCCCOc3cc4c(cc3OC)C(=O)N3C=C(C)CC3C=N4)c(OC)cc2C1=N. The van der Waals surface area contributed by atoms with E-state index in [1.54, 1.807) is 31.3 Å².